The number of phenolic OH excluding ortho intramolecular Hbond substituents is 1. The topological polar surface area (TPSA) is 127 Å². The third-order valence-electron chi connectivity index (χ3n) is 5.18. The molecule has 10 heteroatoms. The molecule has 0 spiro atoms. The summed E-state index contributed by atoms with van der Waals surface area (Å²) in [6.07, 6.45) is 6.35. The molecule has 156 valence electrons. The molecule has 1 saturated carbocycles. The van der Waals surface area contributed by atoms with E-state index in [1.165, 1.54) is 42.3 Å². The van der Waals surface area contributed by atoms with E-state index < -0.39 is 4.92 Å². The fraction of sp³-hybridized carbons (Fsp3) is 0.350. The van der Waals surface area contributed by atoms with Gasteiger partial charge in [-0.2, -0.15) is 0 Å². The zero-order valence-corrected chi connectivity index (χ0v) is 17.1. The number of benzene rings is 1. The number of aromatic hydroxyl groups is 1. The van der Waals surface area contributed by atoms with Gasteiger partial charge in [0.1, 0.15) is 33.7 Å². The van der Waals surface area contributed by atoms with E-state index in [2.05, 4.69) is 15.3 Å². The number of hydrogen-bond donors (Lipinski definition) is 2. The lowest BCUT2D eigenvalue weighted by Crippen LogP contribution is -2.20. The molecule has 1 aliphatic rings. The first-order chi connectivity index (χ1) is 14.4. The number of aryl methyl sites for hydroxylation is 1. The van der Waals surface area contributed by atoms with E-state index in [-0.39, 0.29) is 29.2 Å². The third kappa shape index (κ3) is 3.90. The van der Waals surface area contributed by atoms with E-state index in [9.17, 15) is 20.0 Å². The Bertz CT molecular complexity index is 1120. The minimum Gasteiger partial charge on any atom is -0.506 e. The molecule has 0 radical (unpaired) electrons. The average molecular weight is 428 g/mol. The number of non-ortho nitro benzene ring substituents is 1. The molecule has 1 fully saturated rings. The molecule has 2 aromatic heterocycles. The molecule has 0 unspecified atom stereocenters. The zero-order chi connectivity index (χ0) is 21.3. The summed E-state index contributed by atoms with van der Waals surface area (Å²) in [6.45, 7) is 1.79. The Balaban J connectivity index is 1.66. The zero-order valence-electron chi connectivity index (χ0n) is 16.3. The van der Waals surface area contributed by atoms with Gasteiger partial charge in [-0.1, -0.05) is 6.42 Å². The molecule has 2 N–H and O–H groups in total. The quantitative estimate of drug-likeness (QED) is 0.256. The third-order valence-corrected chi connectivity index (χ3v) is 6.36. The second-order valence-electron chi connectivity index (χ2n) is 7.21. The SMILES string of the molecule is Cc1c(C(=O)OC2CCCCC2)sc2ncnc(Nc3cc([N+](=O)[O-])ccc3O)c12. The molecule has 4 rings (SSSR count). The summed E-state index contributed by atoms with van der Waals surface area (Å²) < 4.78 is 5.70. The molecule has 0 atom stereocenters. The van der Waals surface area contributed by atoms with Crippen molar-refractivity contribution in [2.24, 2.45) is 0 Å². The number of nitro benzene ring substituents is 1. The first-order valence-corrected chi connectivity index (χ1v) is 10.4. The Kier molecular flexibility index (Phi) is 5.49. The van der Waals surface area contributed by atoms with Crippen LogP contribution in [0, 0.1) is 17.0 Å². The largest absolute Gasteiger partial charge is 0.506 e. The van der Waals surface area contributed by atoms with Crippen LogP contribution in [0.15, 0.2) is 24.5 Å². The summed E-state index contributed by atoms with van der Waals surface area (Å²) in [7, 11) is 0. The van der Waals surface area contributed by atoms with Gasteiger partial charge in [0, 0.05) is 12.1 Å². The Labute approximate surface area is 175 Å². The first-order valence-electron chi connectivity index (χ1n) is 9.63. The molecule has 1 aliphatic carbocycles. The summed E-state index contributed by atoms with van der Waals surface area (Å²) in [5.74, 6) is -0.176. The van der Waals surface area contributed by atoms with Gasteiger partial charge in [0.2, 0.25) is 0 Å². The average Bonchev–Trinajstić information content (AvgIpc) is 3.08. The van der Waals surface area contributed by atoms with Crippen LogP contribution in [0.3, 0.4) is 0 Å². The molecule has 0 aliphatic heterocycles. The van der Waals surface area contributed by atoms with Crippen LogP contribution in [-0.2, 0) is 4.74 Å². The Morgan fingerprint density at radius 3 is 2.80 bits per heavy atom. The lowest BCUT2D eigenvalue weighted by Gasteiger charge is -2.21. The van der Waals surface area contributed by atoms with Gasteiger partial charge in [-0.3, -0.25) is 10.1 Å². The normalized spacial score (nSPS) is 14.6. The van der Waals surface area contributed by atoms with Gasteiger partial charge in [0.25, 0.3) is 5.69 Å². The highest BCUT2D eigenvalue weighted by Crippen LogP contribution is 2.37. The number of fused-ring (bicyclic) bond motifs is 1. The lowest BCUT2D eigenvalue weighted by molar-refractivity contribution is -0.384. The van der Waals surface area contributed by atoms with E-state index in [1.807, 2.05) is 0 Å². The van der Waals surface area contributed by atoms with Crippen LogP contribution in [0.1, 0.15) is 47.3 Å². The molecule has 3 aromatic rings. The van der Waals surface area contributed by atoms with E-state index in [0.29, 0.717) is 26.5 Å². The maximum atomic E-state index is 12.8. The predicted octanol–water partition coefficient (Wildman–Crippen LogP) is 4.85. The molecule has 0 amide bonds. The van der Waals surface area contributed by atoms with Gasteiger partial charge in [-0.25, -0.2) is 14.8 Å². The minimum atomic E-state index is -0.546. The van der Waals surface area contributed by atoms with Crippen LogP contribution in [-0.4, -0.2) is 32.1 Å². The van der Waals surface area contributed by atoms with Gasteiger partial charge in [0.05, 0.1) is 16.0 Å². The number of anilines is 2. The summed E-state index contributed by atoms with van der Waals surface area (Å²) in [6, 6.07) is 3.68. The van der Waals surface area contributed by atoms with Crippen molar-refractivity contribution in [3.05, 3.63) is 45.1 Å². The number of phenols is 1. The van der Waals surface area contributed by atoms with Crippen LogP contribution < -0.4 is 5.32 Å². The highest BCUT2D eigenvalue weighted by Gasteiger charge is 2.24. The number of nitrogens with zero attached hydrogens (tertiary/aromatic N) is 3. The van der Waals surface area contributed by atoms with Crippen molar-refractivity contribution in [3.8, 4) is 5.75 Å². The molecule has 30 heavy (non-hydrogen) atoms. The number of carbonyl (C=O) groups excluding carboxylic acids is 1. The number of aromatic nitrogens is 2. The van der Waals surface area contributed by atoms with Crippen LogP contribution >= 0.6 is 11.3 Å². The first kappa shape index (κ1) is 20.0. The van der Waals surface area contributed by atoms with Gasteiger partial charge < -0.3 is 15.2 Å². The number of esters is 1. The lowest BCUT2D eigenvalue weighted by atomic mass is 9.98. The summed E-state index contributed by atoms with van der Waals surface area (Å²) in [5, 5.41) is 24.7. The van der Waals surface area contributed by atoms with E-state index in [0.717, 1.165) is 25.7 Å². The van der Waals surface area contributed by atoms with Gasteiger partial charge in [-0.15, -0.1) is 11.3 Å². The van der Waals surface area contributed by atoms with Crippen molar-refractivity contribution >= 4 is 44.7 Å². The van der Waals surface area contributed by atoms with Gasteiger partial charge in [-0.05, 0) is 44.2 Å². The van der Waals surface area contributed by atoms with Gasteiger partial charge >= 0.3 is 5.97 Å². The Morgan fingerprint density at radius 2 is 2.07 bits per heavy atom. The molecular weight excluding hydrogens is 408 g/mol. The smallest absolute Gasteiger partial charge is 0.348 e. The van der Waals surface area contributed by atoms with Crippen LogP contribution in [0.4, 0.5) is 17.2 Å². The van der Waals surface area contributed by atoms with Crippen molar-refractivity contribution in [1.29, 1.82) is 0 Å². The number of carbonyl (C=O) groups is 1. The van der Waals surface area contributed by atoms with Crippen molar-refractivity contribution in [2.75, 3.05) is 5.32 Å². The van der Waals surface area contributed by atoms with E-state index in [4.69, 9.17) is 4.74 Å². The van der Waals surface area contributed by atoms with Crippen LogP contribution in [0.2, 0.25) is 0 Å². The maximum absolute atomic E-state index is 12.8. The van der Waals surface area contributed by atoms with Crippen LogP contribution in [0.5, 0.6) is 5.75 Å². The number of ether oxygens (including phenoxy) is 1. The maximum Gasteiger partial charge on any atom is 0.348 e. The monoisotopic (exact) mass is 428 g/mol. The molecule has 0 bridgehead atoms. The Morgan fingerprint density at radius 1 is 1.30 bits per heavy atom. The van der Waals surface area contributed by atoms with E-state index in [1.54, 1.807) is 6.92 Å². The minimum absolute atomic E-state index is 0.0543. The molecule has 9 nitrogen and oxygen atoms in total. The predicted molar refractivity (Wildman–Crippen MR) is 112 cm³/mol. The number of thiophene rings is 1. The number of rotatable bonds is 5. The van der Waals surface area contributed by atoms with Crippen molar-refractivity contribution in [2.45, 2.75) is 45.1 Å². The molecular formula is C20H20N4O5S. The van der Waals surface area contributed by atoms with E-state index >= 15 is 0 Å². The van der Waals surface area contributed by atoms with Crippen molar-refractivity contribution in [3.63, 3.8) is 0 Å². The Hall–Kier alpha value is -3.27. The molecule has 0 saturated heterocycles. The highest BCUT2D eigenvalue weighted by atomic mass is 32.1. The fourth-order valence-electron chi connectivity index (χ4n) is 3.61. The number of nitro groups is 1. The van der Waals surface area contributed by atoms with Gasteiger partial charge in [0.15, 0.2) is 0 Å². The standard InChI is InChI=1S/C20H20N4O5S/c1-11-16-18(23-14-9-12(24(27)28)7-8-15(14)25)21-10-22-19(16)30-17(11)20(26)29-13-5-3-2-4-6-13/h7-10,13,25H,2-6H2,1H3,(H,21,22,23). The van der Waals surface area contributed by atoms with Crippen molar-refractivity contribution in [1.82, 2.24) is 9.97 Å². The number of hydrogen-bond acceptors (Lipinski definition) is 9. The second-order valence-corrected chi connectivity index (χ2v) is 8.21. The highest BCUT2D eigenvalue weighted by molar-refractivity contribution is 7.20. The summed E-state index contributed by atoms with van der Waals surface area (Å²) in [4.78, 5) is 32.8. The van der Waals surface area contributed by atoms with Crippen molar-refractivity contribution < 1.29 is 19.6 Å². The second kappa shape index (κ2) is 8.23. The molecule has 1 aromatic carbocycles. The summed E-state index contributed by atoms with van der Waals surface area (Å²) in [5.41, 5.74) is 0.643. The summed E-state index contributed by atoms with van der Waals surface area (Å²) >= 11 is 1.22. The number of nitrogens with one attached hydrogen (secondary N) is 1. The van der Waals surface area contributed by atoms with Crippen LogP contribution in [0.25, 0.3) is 10.2 Å². The molecule has 2 heterocycles. The fourth-order valence-corrected chi connectivity index (χ4v) is 4.65.